The van der Waals surface area contributed by atoms with Gasteiger partial charge in [0.2, 0.25) is 0 Å². The normalized spacial score (nSPS) is 14.4. The standard InChI is InChI=1S/C23H25N5O4/c1-15-7-8-16(2)21(13-15)32-20-9-11-26(12-10-20)23(29)22-17(3)27(25-24-22)18-5-4-6-19(14-18)28(30)31/h4-8,13-14,20H,9-12H2,1-3H3. The summed E-state index contributed by atoms with van der Waals surface area (Å²) in [4.78, 5) is 25.4. The molecule has 9 nitrogen and oxygen atoms in total. The molecule has 0 atom stereocenters. The Balaban J connectivity index is 1.43. The van der Waals surface area contributed by atoms with Crippen LogP contribution in [0.25, 0.3) is 5.69 Å². The molecule has 166 valence electrons. The Hall–Kier alpha value is -3.75. The zero-order valence-electron chi connectivity index (χ0n) is 18.3. The number of piperidine rings is 1. The van der Waals surface area contributed by atoms with Crippen LogP contribution in [0.3, 0.4) is 0 Å². The quantitative estimate of drug-likeness (QED) is 0.446. The Morgan fingerprint density at radius 1 is 1.12 bits per heavy atom. The smallest absolute Gasteiger partial charge is 0.276 e. The van der Waals surface area contributed by atoms with Gasteiger partial charge >= 0.3 is 0 Å². The molecule has 1 fully saturated rings. The number of hydrogen-bond donors (Lipinski definition) is 0. The van der Waals surface area contributed by atoms with Crippen molar-refractivity contribution in [3.63, 3.8) is 0 Å². The van der Waals surface area contributed by atoms with Crippen molar-refractivity contribution < 1.29 is 14.5 Å². The van der Waals surface area contributed by atoms with Crippen LogP contribution < -0.4 is 4.74 Å². The van der Waals surface area contributed by atoms with Gasteiger partial charge in [-0.3, -0.25) is 14.9 Å². The number of amides is 1. The molecule has 0 N–H and O–H groups in total. The monoisotopic (exact) mass is 435 g/mol. The number of benzene rings is 2. The molecular formula is C23H25N5O4. The van der Waals surface area contributed by atoms with Crippen molar-refractivity contribution >= 4 is 11.6 Å². The second kappa shape index (κ2) is 8.78. The molecule has 0 spiro atoms. The maximum atomic E-state index is 13.1. The van der Waals surface area contributed by atoms with Crippen LogP contribution in [0.15, 0.2) is 42.5 Å². The predicted molar refractivity (Wildman–Crippen MR) is 118 cm³/mol. The van der Waals surface area contributed by atoms with Gasteiger partial charge in [-0.1, -0.05) is 23.4 Å². The SMILES string of the molecule is Cc1ccc(C)c(OC2CCN(C(=O)c3nnn(-c4cccc([N+](=O)[O-])c4)c3C)CC2)c1. The van der Waals surface area contributed by atoms with E-state index in [1.807, 2.05) is 19.9 Å². The van der Waals surface area contributed by atoms with Crippen LogP contribution in [0.4, 0.5) is 5.69 Å². The van der Waals surface area contributed by atoms with E-state index in [4.69, 9.17) is 4.74 Å². The number of aromatic nitrogens is 3. The number of nitro benzene ring substituents is 1. The molecular weight excluding hydrogens is 410 g/mol. The summed E-state index contributed by atoms with van der Waals surface area (Å²) in [5.41, 5.74) is 3.50. The Bertz CT molecular complexity index is 1160. The third-order valence-electron chi connectivity index (χ3n) is 5.75. The van der Waals surface area contributed by atoms with Crippen LogP contribution in [-0.2, 0) is 0 Å². The van der Waals surface area contributed by atoms with Crippen molar-refractivity contribution in [1.29, 1.82) is 0 Å². The van der Waals surface area contributed by atoms with Gasteiger partial charge in [0, 0.05) is 38.1 Å². The van der Waals surface area contributed by atoms with Crippen molar-refractivity contribution in [2.75, 3.05) is 13.1 Å². The van der Waals surface area contributed by atoms with Gasteiger partial charge in [0.1, 0.15) is 11.9 Å². The zero-order chi connectivity index (χ0) is 22.8. The van der Waals surface area contributed by atoms with E-state index in [0.29, 0.717) is 24.5 Å². The third kappa shape index (κ3) is 4.32. The zero-order valence-corrected chi connectivity index (χ0v) is 18.3. The van der Waals surface area contributed by atoms with Crippen LogP contribution in [0.1, 0.15) is 40.2 Å². The number of nitrogens with zero attached hydrogens (tertiary/aromatic N) is 5. The molecule has 1 aliphatic heterocycles. The third-order valence-corrected chi connectivity index (χ3v) is 5.75. The predicted octanol–water partition coefficient (Wildman–Crippen LogP) is 3.78. The van der Waals surface area contributed by atoms with E-state index in [9.17, 15) is 14.9 Å². The van der Waals surface area contributed by atoms with Gasteiger partial charge in [0.15, 0.2) is 5.69 Å². The molecule has 0 radical (unpaired) electrons. The molecule has 3 aromatic rings. The van der Waals surface area contributed by atoms with Crippen molar-refractivity contribution in [3.8, 4) is 11.4 Å². The highest BCUT2D eigenvalue weighted by Gasteiger charge is 2.28. The van der Waals surface area contributed by atoms with Gasteiger partial charge in [-0.2, -0.15) is 0 Å². The summed E-state index contributed by atoms with van der Waals surface area (Å²) in [5.74, 6) is 0.704. The molecule has 9 heteroatoms. The lowest BCUT2D eigenvalue weighted by Gasteiger charge is -2.32. The number of nitro groups is 1. The average Bonchev–Trinajstić information content (AvgIpc) is 3.17. The first-order chi connectivity index (χ1) is 15.3. The molecule has 1 amide bonds. The van der Waals surface area contributed by atoms with Crippen LogP contribution in [0.5, 0.6) is 5.75 Å². The van der Waals surface area contributed by atoms with Crippen LogP contribution >= 0.6 is 0 Å². The van der Waals surface area contributed by atoms with E-state index in [1.54, 1.807) is 24.0 Å². The summed E-state index contributed by atoms with van der Waals surface area (Å²) in [6.45, 7) is 6.94. The molecule has 0 saturated carbocycles. The summed E-state index contributed by atoms with van der Waals surface area (Å²) in [6.07, 6.45) is 1.52. The lowest BCUT2D eigenvalue weighted by Crippen LogP contribution is -2.42. The first-order valence-corrected chi connectivity index (χ1v) is 10.5. The minimum atomic E-state index is -0.466. The van der Waals surface area contributed by atoms with E-state index in [-0.39, 0.29) is 23.4 Å². The molecule has 2 aromatic carbocycles. The molecule has 0 unspecified atom stereocenters. The minimum Gasteiger partial charge on any atom is -0.490 e. The van der Waals surface area contributed by atoms with Crippen molar-refractivity contribution in [2.45, 2.75) is 39.7 Å². The number of non-ortho nitro benzene ring substituents is 1. The van der Waals surface area contributed by atoms with Crippen molar-refractivity contribution in [1.82, 2.24) is 19.9 Å². The fraction of sp³-hybridized carbons (Fsp3) is 0.348. The number of carbonyl (C=O) groups excluding carboxylic acids is 1. The number of rotatable bonds is 5. The van der Waals surface area contributed by atoms with Gasteiger partial charge < -0.3 is 9.64 Å². The van der Waals surface area contributed by atoms with E-state index in [2.05, 4.69) is 22.4 Å². The average molecular weight is 435 g/mol. The summed E-state index contributed by atoms with van der Waals surface area (Å²) < 4.78 is 7.65. The van der Waals surface area contributed by atoms with Gasteiger partial charge in [0.05, 0.1) is 16.3 Å². The highest BCUT2D eigenvalue weighted by Crippen LogP contribution is 2.25. The second-order valence-electron chi connectivity index (χ2n) is 8.09. The minimum absolute atomic E-state index is 0.0452. The van der Waals surface area contributed by atoms with E-state index in [1.165, 1.54) is 16.8 Å². The summed E-state index contributed by atoms with van der Waals surface area (Å²) in [7, 11) is 0. The summed E-state index contributed by atoms with van der Waals surface area (Å²) >= 11 is 0. The van der Waals surface area contributed by atoms with Gasteiger partial charge in [0.25, 0.3) is 11.6 Å². The van der Waals surface area contributed by atoms with E-state index < -0.39 is 4.92 Å². The lowest BCUT2D eigenvalue weighted by atomic mass is 10.1. The number of carbonyl (C=O) groups is 1. The summed E-state index contributed by atoms with van der Waals surface area (Å²) in [6, 6.07) is 12.3. The Morgan fingerprint density at radius 3 is 2.59 bits per heavy atom. The molecule has 1 aromatic heterocycles. The molecule has 2 heterocycles. The Morgan fingerprint density at radius 2 is 1.88 bits per heavy atom. The number of hydrogen-bond acceptors (Lipinski definition) is 6. The molecule has 0 bridgehead atoms. The second-order valence-corrected chi connectivity index (χ2v) is 8.09. The van der Waals surface area contributed by atoms with Crippen LogP contribution in [-0.4, -0.2) is 49.9 Å². The lowest BCUT2D eigenvalue weighted by molar-refractivity contribution is -0.384. The maximum Gasteiger partial charge on any atom is 0.276 e. The van der Waals surface area contributed by atoms with Crippen LogP contribution in [0.2, 0.25) is 0 Å². The van der Waals surface area contributed by atoms with E-state index >= 15 is 0 Å². The van der Waals surface area contributed by atoms with Crippen LogP contribution in [0, 0.1) is 30.9 Å². The first-order valence-electron chi connectivity index (χ1n) is 10.5. The molecule has 32 heavy (non-hydrogen) atoms. The topological polar surface area (TPSA) is 103 Å². The summed E-state index contributed by atoms with van der Waals surface area (Å²) in [5, 5.41) is 19.2. The molecule has 4 rings (SSSR count). The molecule has 1 saturated heterocycles. The van der Waals surface area contributed by atoms with Crippen molar-refractivity contribution in [3.05, 3.63) is 75.1 Å². The van der Waals surface area contributed by atoms with Gasteiger partial charge in [-0.05, 0) is 44.0 Å². The first kappa shape index (κ1) is 21.5. The number of aryl methyl sites for hydroxylation is 2. The Kier molecular flexibility index (Phi) is 5.89. The molecule has 1 aliphatic rings. The van der Waals surface area contributed by atoms with Gasteiger partial charge in [-0.15, -0.1) is 5.10 Å². The fourth-order valence-corrected chi connectivity index (χ4v) is 3.85. The van der Waals surface area contributed by atoms with Gasteiger partial charge in [-0.25, -0.2) is 4.68 Å². The van der Waals surface area contributed by atoms with E-state index in [0.717, 1.165) is 29.7 Å². The van der Waals surface area contributed by atoms with Crippen molar-refractivity contribution in [2.24, 2.45) is 0 Å². The number of ether oxygens (including phenoxy) is 1. The maximum absolute atomic E-state index is 13.1. The highest BCUT2D eigenvalue weighted by molar-refractivity contribution is 5.93. The largest absolute Gasteiger partial charge is 0.490 e. The highest BCUT2D eigenvalue weighted by atomic mass is 16.6. The molecule has 0 aliphatic carbocycles. The fourth-order valence-electron chi connectivity index (χ4n) is 3.85. The number of likely N-dealkylation sites (tertiary alicyclic amines) is 1. The Labute approximate surface area is 185 Å².